The summed E-state index contributed by atoms with van der Waals surface area (Å²) in [6.07, 6.45) is 1.99. The molecular weight excluding hydrogens is 202 g/mol. The molecule has 0 aliphatic carbocycles. The highest BCUT2D eigenvalue weighted by Gasteiger charge is 2.03. The number of methoxy groups -OCH3 is 1. The molecule has 0 spiro atoms. The largest absolute Gasteiger partial charge is 0.496 e. The average Bonchev–Trinajstić information content (AvgIpc) is 2.34. The number of benzene rings is 1. The number of nitrogens with two attached hydrogens (primary N) is 1. The van der Waals surface area contributed by atoms with Crippen LogP contribution in [-0.2, 0) is 12.8 Å². The van der Waals surface area contributed by atoms with Crippen molar-refractivity contribution in [2.45, 2.75) is 19.8 Å². The molecule has 0 saturated heterocycles. The predicted molar refractivity (Wildman–Crippen MR) is 66.3 cm³/mol. The summed E-state index contributed by atoms with van der Waals surface area (Å²) in [6.45, 7) is 3.66. The summed E-state index contributed by atoms with van der Waals surface area (Å²) in [5.74, 6) is 6.13. The van der Waals surface area contributed by atoms with Crippen molar-refractivity contribution in [1.29, 1.82) is 0 Å². The van der Waals surface area contributed by atoms with E-state index < -0.39 is 0 Å². The fourth-order valence-corrected chi connectivity index (χ4v) is 1.63. The Bertz CT molecular complexity index is 315. The van der Waals surface area contributed by atoms with Gasteiger partial charge in [-0.15, -0.1) is 0 Å². The molecule has 0 bridgehead atoms. The minimum atomic E-state index is 0.621. The molecule has 0 aliphatic heterocycles. The predicted octanol–water partition coefficient (Wildman–Crippen LogP) is 0.811. The molecule has 4 N–H and O–H groups in total. The quantitative estimate of drug-likeness (QED) is 0.277. The molecule has 0 aliphatic rings. The fourth-order valence-electron chi connectivity index (χ4n) is 1.63. The first-order chi connectivity index (χ1) is 7.81. The summed E-state index contributed by atoms with van der Waals surface area (Å²) in [5, 5.41) is 3.18. The van der Waals surface area contributed by atoms with Crippen LogP contribution < -0.4 is 21.3 Å². The van der Waals surface area contributed by atoms with Gasteiger partial charge in [-0.25, -0.2) is 5.43 Å². The van der Waals surface area contributed by atoms with Gasteiger partial charge in [0.2, 0.25) is 0 Å². The van der Waals surface area contributed by atoms with Gasteiger partial charge in [0.05, 0.1) is 13.8 Å². The molecule has 0 unspecified atom stereocenters. The first kappa shape index (κ1) is 13.0. The summed E-state index contributed by atoms with van der Waals surface area (Å²) < 4.78 is 5.33. The smallest absolute Gasteiger partial charge is 0.122 e. The van der Waals surface area contributed by atoms with Crippen LogP contribution in [0.2, 0.25) is 0 Å². The van der Waals surface area contributed by atoms with Crippen LogP contribution in [0, 0.1) is 0 Å². The molecule has 0 atom stereocenters. The van der Waals surface area contributed by atoms with Crippen LogP contribution in [-0.4, -0.2) is 20.3 Å². The number of nitrogens with one attached hydrogen (secondary N) is 2. The lowest BCUT2D eigenvalue weighted by Gasteiger charge is -2.10. The third kappa shape index (κ3) is 3.81. The Morgan fingerprint density at radius 2 is 2.19 bits per heavy atom. The van der Waals surface area contributed by atoms with Crippen molar-refractivity contribution in [3.05, 3.63) is 29.3 Å². The van der Waals surface area contributed by atoms with Gasteiger partial charge in [0.25, 0.3) is 0 Å². The van der Waals surface area contributed by atoms with Gasteiger partial charge in [-0.2, -0.15) is 0 Å². The van der Waals surface area contributed by atoms with E-state index in [9.17, 15) is 0 Å². The molecule has 4 nitrogen and oxygen atoms in total. The molecule has 0 radical (unpaired) electrons. The van der Waals surface area contributed by atoms with Crippen LogP contribution in [0.5, 0.6) is 5.75 Å². The maximum Gasteiger partial charge on any atom is 0.122 e. The van der Waals surface area contributed by atoms with E-state index in [0.717, 1.165) is 25.1 Å². The highest BCUT2D eigenvalue weighted by atomic mass is 16.5. The molecule has 0 aromatic heterocycles. The van der Waals surface area contributed by atoms with Gasteiger partial charge in [0.1, 0.15) is 5.75 Å². The third-order valence-electron chi connectivity index (χ3n) is 2.55. The normalized spacial score (nSPS) is 10.4. The highest BCUT2D eigenvalue weighted by Crippen LogP contribution is 2.20. The molecule has 1 rings (SSSR count). The Kier molecular flexibility index (Phi) is 5.85. The summed E-state index contributed by atoms with van der Waals surface area (Å²) in [6, 6.07) is 6.35. The van der Waals surface area contributed by atoms with E-state index in [1.54, 1.807) is 7.11 Å². The van der Waals surface area contributed by atoms with Gasteiger partial charge in [-0.1, -0.05) is 19.1 Å². The van der Waals surface area contributed by atoms with Crippen molar-refractivity contribution in [3.8, 4) is 5.75 Å². The summed E-state index contributed by atoms with van der Waals surface area (Å²) in [4.78, 5) is 0. The van der Waals surface area contributed by atoms with E-state index in [4.69, 9.17) is 10.6 Å². The van der Waals surface area contributed by atoms with Gasteiger partial charge in [0.15, 0.2) is 0 Å². The molecule has 1 aromatic rings. The summed E-state index contributed by atoms with van der Waals surface area (Å²) in [7, 11) is 1.71. The number of hydrazine groups is 1. The molecule has 0 fully saturated rings. The number of rotatable bonds is 7. The SMILES string of the molecule is CCc1ccc(OC)c(CCNCNN)c1. The minimum Gasteiger partial charge on any atom is -0.496 e. The lowest BCUT2D eigenvalue weighted by atomic mass is 10.1. The lowest BCUT2D eigenvalue weighted by Crippen LogP contribution is -2.34. The van der Waals surface area contributed by atoms with Crippen molar-refractivity contribution >= 4 is 0 Å². The van der Waals surface area contributed by atoms with Crippen LogP contribution in [0.3, 0.4) is 0 Å². The van der Waals surface area contributed by atoms with Crippen molar-refractivity contribution in [1.82, 2.24) is 10.7 Å². The summed E-state index contributed by atoms with van der Waals surface area (Å²) in [5.41, 5.74) is 5.15. The van der Waals surface area contributed by atoms with E-state index in [2.05, 4.69) is 29.8 Å². The topological polar surface area (TPSA) is 59.3 Å². The minimum absolute atomic E-state index is 0.621. The number of hydrogen-bond donors (Lipinski definition) is 3. The van der Waals surface area contributed by atoms with Gasteiger partial charge >= 0.3 is 0 Å². The first-order valence-electron chi connectivity index (χ1n) is 5.61. The zero-order valence-electron chi connectivity index (χ0n) is 10.0. The van der Waals surface area contributed by atoms with E-state index in [1.807, 2.05) is 6.07 Å². The van der Waals surface area contributed by atoms with Crippen LogP contribution in [0.25, 0.3) is 0 Å². The Labute approximate surface area is 97.1 Å². The van der Waals surface area contributed by atoms with Crippen LogP contribution in [0.1, 0.15) is 18.1 Å². The van der Waals surface area contributed by atoms with Gasteiger partial charge in [-0.05, 0) is 30.0 Å². The van der Waals surface area contributed by atoms with Crippen molar-refractivity contribution in [3.63, 3.8) is 0 Å². The Morgan fingerprint density at radius 1 is 1.38 bits per heavy atom. The van der Waals surface area contributed by atoms with Crippen LogP contribution in [0.4, 0.5) is 0 Å². The Hall–Kier alpha value is -1.10. The van der Waals surface area contributed by atoms with E-state index >= 15 is 0 Å². The molecule has 16 heavy (non-hydrogen) atoms. The van der Waals surface area contributed by atoms with Crippen molar-refractivity contribution in [2.24, 2.45) is 5.84 Å². The zero-order valence-corrected chi connectivity index (χ0v) is 10.0. The Balaban J connectivity index is 2.60. The molecule has 4 heteroatoms. The number of hydrogen-bond acceptors (Lipinski definition) is 4. The van der Waals surface area contributed by atoms with Crippen LogP contribution in [0.15, 0.2) is 18.2 Å². The first-order valence-corrected chi connectivity index (χ1v) is 5.61. The van der Waals surface area contributed by atoms with Gasteiger partial charge in [-0.3, -0.25) is 5.84 Å². The molecule has 0 heterocycles. The van der Waals surface area contributed by atoms with Crippen molar-refractivity contribution in [2.75, 3.05) is 20.3 Å². The van der Waals surface area contributed by atoms with E-state index in [-0.39, 0.29) is 0 Å². The molecule has 0 amide bonds. The zero-order chi connectivity index (χ0) is 11.8. The monoisotopic (exact) mass is 223 g/mol. The number of ether oxygens (including phenoxy) is 1. The Morgan fingerprint density at radius 3 is 2.81 bits per heavy atom. The van der Waals surface area contributed by atoms with Gasteiger partial charge < -0.3 is 10.1 Å². The average molecular weight is 223 g/mol. The standard InChI is InChI=1S/C12H21N3O/c1-3-10-4-5-12(16-2)11(8-10)6-7-14-9-15-13/h4-5,8,14-15H,3,6-7,9,13H2,1-2H3. The second-order valence-corrected chi connectivity index (χ2v) is 3.63. The fraction of sp³-hybridized carbons (Fsp3) is 0.500. The number of aryl methyl sites for hydroxylation is 1. The maximum absolute atomic E-state index is 5.33. The molecular formula is C12H21N3O. The molecule has 1 aromatic carbocycles. The van der Waals surface area contributed by atoms with E-state index in [1.165, 1.54) is 11.1 Å². The highest BCUT2D eigenvalue weighted by molar-refractivity contribution is 5.37. The van der Waals surface area contributed by atoms with Crippen molar-refractivity contribution < 1.29 is 4.74 Å². The molecule has 0 saturated carbocycles. The van der Waals surface area contributed by atoms with Crippen LogP contribution >= 0.6 is 0 Å². The molecule has 90 valence electrons. The maximum atomic E-state index is 5.33. The van der Waals surface area contributed by atoms with Gasteiger partial charge in [0, 0.05) is 6.54 Å². The summed E-state index contributed by atoms with van der Waals surface area (Å²) >= 11 is 0. The third-order valence-corrected chi connectivity index (χ3v) is 2.55. The van der Waals surface area contributed by atoms with E-state index in [0.29, 0.717) is 6.67 Å². The second kappa shape index (κ2) is 7.22. The lowest BCUT2D eigenvalue weighted by molar-refractivity contribution is 0.408. The second-order valence-electron chi connectivity index (χ2n) is 3.63.